The van der Waals surface area contributed by atoms with E-state index < -0.39 is 16.0 Å². The first-order valence-corrected chi connectivity index (χ1v) is 11.5. The van der Waals surface area contributed by atoms with E-state index in [1.165, 1.54) is 0 Å². The molecule has 0 bridgehead atoms. The van der Waals surface area contributed by atoms with Crippen molar-refractivity contribution < 1.29 is 18.3 Å². The third-order valence-electron chi connectivity index (χ3n) is 5.60. The lowest BCUT2D eigenvalue weighted by molar-refractivity contribution is 0.0696. The Balaban J connectivity index is 1.63. The van der Waals surface area contributed by atoms with E-state index in [4.69, 9.17) is 0 Å². The first-order chi connectivity index (χ1) is 14.4. The molecule has 0 unspecified atom stereocenters. The van der Waals surface area contributed by atoms with Crippen molar-refractivity contribution >= 4 is 21.7 Å². The summed E-state index contributed by atoms with van der Waals surface area (Å²) < 4.78 is 27.6. The van der Waals surface area contributed by atoms with Crippen LogP contribution in [0, 0.1) is 0 Å². The van der Waals surface area contributed by atoms with Crippen LogP contribution in [0.15, 0.2) is 77.7 Å². The number of carbonyl (C=O) groups is 1. The lowest BCUT2D eigenvalue weighted by Gasteiger charge is -2.17. The highest BCUT2D eigenvalue weighted by Gasteiger charge is 2.22. The topological polar surface area (TPSA) is 83.5 Å². The summed E-state index contributed by atoms with van der Waals surface area (Å²) in [5.41, 5.74) is 3.78. The van der Waals surface area contributed by atoms with Crippen LogP contribution in [0.1, 0.15) is 47.5 Å². The van der Waals surface area contributed by atoms with Crippen LogP contribution >= 0.6 is 0 Å². The van der Waals surface area contributed by atoms with Crippen LogP contribution in [0.3, 0.4) is 0 Å². The number of hydrogen-bond acceptors (Lipinski definition) is 3. The summed E-state index contributed by atoms with van der Waals surface area (Å²) in [6.45, 7) is 0. The lowest BCUT2D eigenvalue weighted by atomic mass is 9.88. The highest BCUT2D eigenvalue weighted by molar-refractivity contribution is 7.92. The van der Waals surface area contributed by atoms with E-state index in [9.17, 15) is 18.3 Å². The van der Waals surface area contributed by atoms with Gasteiger partial charge >= 0.3 is 5.97 Å². The highest BCUT2D eigenvalue weighted by atomic mass is 32.2. The van der Waals surface area contributed by atoms with Gasteiger partial charge in [-0.15, -0.1) is 0 Å². The summed E-state index contributed by atoms with van der Waals surface area (Å²) in [5, 5.41) is 9.39. The Morgan fingerprint density at radius 2 is 1.57 bits per heavy atom. The van der Waals surface area contributed by atoms with Crippen LogP contribution in [-0.2, 0) is 10.0 Å². The Hall–Kier alpha value is -3.12. The molecule has 0 amide bonds. The van der Waals surface area contributed by atoms with E-state index in [2.05, 4.69) is 4.72 Å². The van der Waals surface area contributed by atoms with Gasteiger partial charge in [0.15, 0.2) is 0 Å². The van der Waals surface area contributed by atoms with E-state index in [0.29, 0.717) is 17.2 Å². The maximum atomic E-state index is 12.5. The third kappa shape index (κ3) is 4.24. The fourth-order valence-corrected chi connectivity index (χ4v) is 5.14. The maximum absolute atomic E-state index is 12.5. The Morgan fingerprint density at radius 1 is 0.900 bits per heavy atom. The molecule has 0 aromatic heterocycles. The van der Waals surface area contributed by atoms with E-state index in [-0.39, 0.29) is 4.90 Å². The number of carboxylic acids is 1. The average Bonchev–Trinajstić information content (AvgIpc) is 3.29. The van der Waals surface area contributed by atoms with E-state index in [1.54, 1.807) is 54.6 Å². The number of rotatable bonds is 6. The molecule has 0 spiro atoms. The minimum atomic E-state index is -3.64. The quantitative estimate of drug-likeness (QED) is 0.550. The highest BCUT2D eigenvalue weighted by Crippen LogP contribution is 2.40. The molecule has 0 radical (unpaired) electrons. The molecule has 0 atom stereocenters. The molecule has 4 rings (SSSR count). The molecule has 5 nitrogen and oxygen atoms in total. The first kappa shape index (κ1) is 20.2. The molecule has 0 aliphatic heterocycles. The number of sulfonamides is 1. The van der Waals surface area contributed by atoms with Crippen LogP contribution in [0.2, 0.25) is 0 Å². The third-order valence-corrected chi connectivity index (χ3v) is 6.99. The van der Waals surface area contributed by atoms with Gasteiger partial charge in [-0.1, -0.05) is 49.2 Å². The van der Waals surface area contributed by atoms with Gasteiger partial charge in [0.25, 0.3) is 10.0 Å². The van der Waals surface area contributed by atoms with Crippen molar-refractivity contribution in [2.24, 2.45) is 0 Å². The molecule has 1 saturated carbocycles. The minimum Gasteiger partial charge on any atom is -0.478 e. The molecule has 1 aliphatic rings. The summed E-state index contributed by atoms with van der Waals surface area (Å²) in [7, 11) is -3.64. The molecule has 1 aliphatic carbocycles. The summed E-state index contributed by atoms with van der Waals surface area (Å²) in [5.74, 6) is -0.568. The van der Waals surface area contributed by atoms with Crippen LogP contribution in [0.4, 0.5) is 5.69 Å². The Kier molecular flexibility index (Phi) is 5.59. The van der Waals surface area contributed by atoms with Crippen molar-refractivity contribution in [3.63, 3.8) is 0 Å². The SMILES string of the molecule is O=C(O)c1ccc(-c2ccc(NS(=O)(=O)c3ccccc3)cc2)c(C2CCCC2)c1. The Morgan fingerprint density at radius 3 is 2.20 bits per heavy atom. The normalized spacial score (nSPS) is 14.5. The van der Waals surface area contributed by atoms with E-state index in [1.807, 2.05) is 18.2 Å². The molecule has 3 aromatic rings. The summed E-state index contributed by atoms with van der Waals surface area (Å²) >= 11 is 0. The van der Waals surface area contributed by atoms with Gasteiger partial charge in [0.1, 0.15) is 0 Å². The van der Waals surface area contributed by atoms with Crippen LogP contribution in [0.5, 0.6) is 0 Å². The van der Waals surface area contributed by atoms with Gasteiger partial charge in [-0.2, -0.15) is 0 Å². The second-order valence-electron chi connectivity index (χ2n) is 7.58. The standard InChI is InChI=1S/C24H23NO4S/c26-24(27)19-12-15-22(23(16-19)17-6-4-5-7-17)18-10-13-20(14-11-18)25-30(28,29)21-8-2-1-3-9-21/h1-3,8-17,25H,4-7H2,(H,26,27). The van der Waals surface area contributed by atoms with Gasteiger partial charge in [-0.05, 0) is 71.8 Å². The maximum Gasteiger partial charge on any atom is 0.335 e. The molecule has 1 fully saturated rings. The van der Waals surface area contributed by atoms with Crippen LogP contribution < -0.4 is 4.72 Å². The van der Waals surface area contributed by atoms with Gasteiger partial charge in [-0.25, -0.2) is 13.2 Å². The number of hydrogen-bond donors (Lipinski definition) is 2. The molecular formula is C24H23NO4S. The number of aromatic carboxylic acids is 1. The largest absolute Gasteiger partial charge is 0.478 e. The Labute approximate surface area is 176 Å². The molecule has 0 heterocycles. The van der Waals surface area contributed by atoms with Gasteiger partial charge in [0.2, 0.25) is 0 Å². The van der Waals surface area contributed by atoms with Crippen molar-refractivity contribution in [1.82, 2.24) is 0 Å². The second-order valence-corrected chi connectivity index (χ2v) is 9.27. The van der Waals surface area contributed by atoms with Gasteiger partial charge in [0, 0.05) is 5.69 Å². The summed E-state index contributed by atoms with van der Waals surface area (Å²) in [6, 6.07) is 20.7. The summed E-state index contributed by atoms with van der Waals surface area (Å²) in [6.07, 6.45) is 4.43. The average molecular weight is 422 g/mol. The lowest BCUT2D eigenvalue weighted by Crippen LogP contribution is -2.12. The van der Waals surface area contributed by atoms with Gasteiger partial charge in [-0.3, -0.25) is 4.72 Å². The molecule has 2 N–H and O–H groups in total. The number of anilines is 1. The van der Waals surface area contributed by atoms with Crippen molar-refractivity contribution in [3.8, 4) is 11.1 Å². The zero-order valence-corrected chi connectivity index (χ0v) is 17.2. The van der Waals surface area contributed by atoms with E-state index in [0.717, 1.165) is 42.4 Å². The fraction of sp³-hybridized carbons (Fsp3) is 0.208. The van der Waals surface area contributed by atoms with Crippen LogP contribution in [-0.4, -0.2) is 19.5 Å². The van der Waals surface area contributed by atoms with Crippen molar-refractivity contribution in [1.29, 1.82) is 0 Å². The fourth-order valence-electron chi connectivity index (χ4n) is 4.06. The second kappa shape index (κ2) is 8.32. The number of benzene rings is 3. The monoisotopic (exact) mass is 421 g/mol. The van der Waals surface area contributed by atoms with Gasteiger partial charge in [0.05, 0.1) is 10.5 Å². The van der Waals surface area contributed by atoms with Crippen molar-refractivity contribution in [3.05, 3.63) is 83.9 Å². The number of nitrogens with one attached hydrogen (secondary N) is 1. The van der Waals surface area contributed by atoms with Crippen molar-refractivity contribution in [2.45, 2.75) is 36.5 Å². The smallest absolute Gasteiger partial charge is 0.335 e. The molecule has 3 aromatic carbocycles. The molecule has 154 valence electrons. The van der Waals surface area contributed by atoms with Crippen LogP contribution in [0.25, 0.3) is 11.1 Å². The predicted octanol–water partition coefficient (Wildman–Crippen LogP) is 5.51. The van der Waals surface area contributed by atoms with Gasteiger partial charge < -0.3 is 5.11 Å². The van der Waals surface area contributed by atoms with Crippen molar-refractivity contribution in [2.75, 3.05) is 4.72 Å². The molecule has 30 heavy (non-hydrogen) atoms. The molecule has 6 heteroatoms. The first-order valence-electron chi connectivity index (χ1n) is 9.99. The predicted molar refractivity (Wildman–Crippen MR) is 117 cm³/mol. The zero-order chi connectivity index (χ0) is 21.1. The Bertz CT molecular complexity index is 1150. The summed E-state index contributed by atoms with van der Waals surface area (Å²) in [4.78, 5) is 11.7. The van der Waals surface area contributed by atoms with E-state index >= 15 is 0 Å². The molecular weight excluding hydrogens is 398 g/mol. The zero-order valence-electron chi connectivity index (χ0n) is 16.4. The molecule has 0 saturated heterocycles. The minimum absolute atomic E-state index is 0.210. The number of carboxylic acid groups (broad SMARTS) is 1.